The maximum absolute atomic E-state index is 13.1. The predicted molar refractivity (Wildman–Crippen MR) is 78.9 cm³/mol. The molecule has 7 heteroatoms. The maximum Gasteiger partial charge on any atom is 0.243 e. The molecule has 0 amide bonds. The summed E-state index contributed by atoms with van der Waals surface area (Å²) in [5.41, 5.74) is 6.05. The highest BCUT2D eigenvalue weighted by molar-refractivity contribution is 7.89. The molecular formula is C13H20ClFN2O2S. The van der Waals surface area contributed by atoms with Gasteiger partial charge in [0, 0.05) is 12.6 Å². The van der Waals surface area contributed by atoms with Gasteiger partial charge in [0.2, 0.25) is 10.0 Å². The van der Waals surface area contributed by atoms with Crippen LogP contribution in [0.2, 0.25) is 0 Å². The van der Waals surface area contributed by atoms with Gasteiger partial charge in [0.25, 0.3) is 0 Å². The fourth-order valence-corrected chi connectivity index (χ4v) is 4.57. The van der Waals surface area contributed by atoms with Gasteiger partial charge >= 0.3 is 0 Å². The van der Waals surface area contributed by atoms with E-state index in [1.807, 2.05) is 6.92 Å². The van der Waals surface area contributed by atoms with E-state index in [0.717, 1.165) is 6.42 Å². The Morgan fingerprint density at radius 3 is 2.60 bits per heavy atom. The summed E-state index contributed by atoms with van der Waals surface area (Å²) >= 11 is 0. The Kier molecular flexibility index (Phi) is 5.54. The average Bonchev–Trinajstić information content (AvgIpc) is 2.70. The van der Waals surface area contributed by atoms with Crippen LogP contribution in [0.25, 0.3) is 0 Å². The zero-order chi connectivity index (χ0) is 14.2. The molecule has 2 atom stereocenters. The molecule has 1 aliphatic heterocycles. The quantitative estimate of drug-likeness (QED) is 0.924. The smallest absolute Gasteiger partial charge is 0.243 e. The number of sulfonamides is 1. The first kappa shape index (κ1) is 17.4. The Bertz CT molecular complexity index is 580. The molecule has 0 bridgehead atoms. The summed E-state index contributed by atoms with van der Waals surface area (Å²) in [6.07, 6.45) is 0.774. The Hall–Kier alpha value is -0.690. The third-order valence-corrected chi connectivity index (χ3v) is 5.80. The molecule has 20 heavy (non-hydrogen) atoms. The number of halogens is 2. The zero-order valence-corrected chi connectivity index (χ0v) is 13.2. The summed E-state index contributed by atoms with van der Waals surface area (Å²) in [6.45, 7) is 4.42. The first-order valence-electron chi connectivity index (χ1n) is 6.34. The number of hydrogen-bond acceptors (Lipinski definition) is 3. The monoisotopic (exact) mass is 322 g/mol. The first-order chi connectivity index (χ1) is 8.86. The number of nitrogens with two attached hydrogens (primary N) is 1. The van der Waals surface area contributed by atoms with Crippen molar-refractivity contribution >= 4 is 22.4 Å². The van der Waals surface area contributed by atoms with E-state index in [-0.39, 0.29) is 29.3 Å². The van der Waals surface area contributed by atoms with Crippen molar-refractivity contribution in [2.24, 2.45) is 11.7 Å². The lowest BCUT2D eigenvalue weighted by Gasteiger charge is -2.22. The van der Waals surface area contributed by atoms with Crippen molar-refractivity contribution in [1.29, 1.82) is 0 Å². The standard InChI is InChI=1S/C13H19FN2O2S.ClH/c1-9-5-12(14)3-4-13(9)19(17,18)16-8-11(7-15)6-10(16)2;/h3-5,10-11H,6-8,15H2,1-2H3;1H. The molecule has 0 spiro atoms. The fourth-order valence-electron chi connectivity index (χ4n) is 2.64. The lowest BCUT2D eigenvalue weighted by molar-refractivity contribution is 0.404. The van der Waals surface area contributed by atoms with E-state index in [1.165, 1.54) is 22.5 Å². The van der Waals surface area contributed by atoms with E-state index >= 15 is 0 Å². The highest BCUT2D eigenvalue weighted by Crippen LogP contribution is 2.30. The SMILES string of the molecule is Cc1cc(F)ccc1S(=O)(=O)N1CC(CN)CC1C.Cl. The number of hydrogen-bond donors (Lipinski definition) is 1. The van der Waals surface area contributed by atoms with E-state index in [0.29, 0.717) is 18.7 Å². The molecule has 0 aromatic heterocycles. The van der Waals surface area contributed by atoms with Crippen molar-refractivity contribution in [3.05, 3.63) is 29.6 Å². The summed E-state index contributed by atoms with van der Waals surface area (Å²) in [5, 5.41) is 0. The third kappa shape index (κ3) is 3.14. The Balaban J connectivity index is 0.00000200. The molecule has 1 aliphatic rings. The van der Waals surface area contributed by atoms with Crippen molar-refractivity contribution < 1.29 is 12.8 Å². The molecule has 114 valence electrons. The number of nitrogens with zero attached hydrogens (tertiary/aromatic N) is 1. The summed E-state index contributed by atoms with van der Waals surface area (Å²) in [4.78, 5) is 0.179. The van der Waals surface area contributed by atoms with Gasteiger partial charge in [0.1, 0.15) is 5.82 Å². The predicted octanol–water partition coefficient (Wildman–Crippen LogP) is 1.91. The van der Waals surface area contributed by atoms with Crippen LogP contribution in [0.3, 0.4) is 0 Å². The van der Waals surface area contributed by atoms with E-state index in [9.17, 15) is 12.8 Å². The fraction of sp³-hybridized carbons (Fsp3) is 0.538. The van der Waals surface area contributed by atoms with Crippen LogP contribution in [0.15, 0.2) is 23.1 Å². The highest BCUT2D eigenvalue weighted by atomic mass is 35.5. The topological polar surface area (TPSA) is 63.4 Å². The first-order valence-corrected chi connectivity index (χ1v) is 7.78. The summed E-state index contributed by atoms with van der Waals surface area (Å²) in [5.74, 6) is -0.226. The summed E-state index contributed by atoms with van der Waals surface area (Å²) in [7, 11) is -3.57. The Labute approximate surface area is 125 Å². The molecule has 1 saturated heterocycles. The van der Waals surface area contributed by atoms with Crippen molar-refractivity contribution in [2.75, 3.05) is 13.1 Å². The minimum Gasteiger partial charge on any atom is -0.330 e. The van der Waals surface area contributed by atoms with Crippen LogP contribution in [-0.4, -0.2) is 31.9 Å². The number of aryl methyl sites for hydroxylation is 1. The molecule has 4 nitrogen and oxygen atoms in total. The van der Waals surface area contributed by atoms with Gasteiger partial charge in [-0.2, -0.15) is 4.31 Å². The van der Waals surface area contributed by atoms with Crippen LogP contribution in [0.4, 0.5) is 4.39 Å². The summed E-state index contributed by atoms with van der Waals surface area (Å²) < 4.78 is 39.8. The van der Waals surface area contributed by atoms with E-state index < -0.39 is 15.8 Å². The van der Waals surface area contributed by atoms with Gasteiger partial charge in [-0.05, 0) is 56.5 Å². The van der Waals surface area contributed by atoms with Gasteiger partial charge in [-0.3, -0.25) is 0 Å². The van der Waals surface area contributed by atoms with Crippen LogP contribution < -0.4 is 5.73 Å². The molecule has 0 aliphatic carbocycles. The lowest BCUT2D eigenvalue weighted by atomic mass is 10.1. The second-order valence-electron chi connectivity index (χ2n) is 5.17. The minimum absolute atomic E-state index is 0. The maximum atomic E-state index is 13.1. The molecule has 2 rings (SSSR count). The summed E-state index contributed by atoms with van der Waals surface area (Å²) in [6, 6.07) is 3.69. The zero-order valence-electron chi connectivity index (χ0n) is 11.5. The Morgan fingerprint density at radius 1 is 1.45 bits per heavy atom. The largest absolute Gasteiger partial charge is 0.330 e. The molecule has 1 aromatic carbocycles. The van der Waals surface area contributed by atoms with Gasteiger partial charge in [-0.25, -0.2) is 12.8 Å². The molecule has 1 heterocycles. The normalized spacial score (nSPS) is 23.6. The second-order valence-corrected chi connectivity index (χ2v) is 7.03. The van der Waals surface area contributed by atoms with E-state index in [4.69, 9.17) is 5.73 Å². The molecular weight excluding hydrogens is 303 g/mol. The molecule has 0 saturated carbocycles. The minimum atomic E-state index is -3.57. The number of rotatable bonds is 3. The van der Waals surface area contributed by atoms with Crippen molar-refractivity contribution in [3.63, 3.8) is 0 Å². The van der Waals surface area contributed by atoms with Gasteiger partial charge in [0.15, 0.2) is 0 Å². The second kappa shape index (κ2) is 6.39. The van der Waals surface area contributed by atoms with Crippen molar-refractivity contribution in [3.8, 4) is 0 Å². The van der Waals surface area contributed by atoms with Crippen molar-refractivity contribution in [1.82, 2.24) is 4.31 Å². The molecule has 2 N–H and O–H groups in total. The van der Waals surface area contributed by atoms with Crippen LogP contribution in [0.1, 0.15) is 18.9 Å². The molecule has 1 fully saturated rings. The van der Waals surface area contributed by atoms with Gasteiger partial charge in [0.05, 0.1) is 4.90 Å². The molecule has 0 radical (unpaired) electrons. The average molecular weight is 323 g/mol. The van der Waals surface area contributed by atoms with Crippen LogP contribution in [0, 0.1) is 18.7 Å². The van der Waals surface area contributed by atoms with Crippen LogP contribution in [-0.2, 0) is 10.0 Å². The Morgan fingerprint density at radius 2 is 2.10 bits per heavy atom. The van der Waals surface area contributed by atoms with Crippen molar-refractivity contribution in [2.45, 2.75) is 31.2 Å². The highest BCUT2D eigenvalue weighted by Gasteiger charge is 2.37. The van der Waals surface area contributed by atoms with Gasteiger partial charge in [-0.1, -0.05) is 0 Å². The van der Waals surface area contributed by atoms with E-state index in [2.05, 4.69) is 0 Å². The van der Waals surface area contributed by atoms with E-state index in [1.54, 1.807) is 6.92 Å². The molecule has 1 aromatic rings. The lowest BCUT2D eigenvalue weighted by Crippen LogP contribution is -2.34. The molecule has 2 unspecified atom stereocenters. The van der Waals surface area contributed by atoms with Gasteiger partial charge in [-0.15, -0.1) is 12.4 Å². The number of benzene rings is 1. The van der Waals surface area contributed by atoms with Gasteiger partial charge < -0.3 is 5.73 Å². The van der Waals surface area contributed by atoms with Crippen LogP contribution >= 0.6 is 12.4 Å². The van der Waals surface area contributed by atoms with Crippen LogP contribution in [0.5, 0.6) is 0 Å². The third-order valence-electron chi connectivity index (χ3n) is 3.66.